The number of rotatable bonds is 2. The van der Waals surface area contributed by atoms with Crippen molar-refractivity contribution < 1.29 is 14.7 Å². The van der Waals surface area contributed by atoms with Crippen LogP contribution in [0.1, 0.15) is 22.7 Å². The molecule has 24 heavy (non-hydrogen) atoms. The van der Waals surface area contributed by atoms with E-state index in [9.17, 15) is 14.7 Å². The van der Waals surface area contributed by atoms with E-state index in [0.717, 1.165) is 15.6 Å². The lowest BCUT2D eigenvalue weighted by molar-refractivity contribution is -0.139. The van der Waals surface area contributed by atoms with Crippen LogP contribution in [-0.2, 0) is 9.59 Å². The van der Waals surface area contributed by atoms with Crippen LogP contribution in [0, 0.1) is 6.92 Å². The number of likely N-dealkylation sites (tertiary alicyclic amines) is 1. The summed E-state index contributed by atoms with van der Waals surface area (Å²) in [4.78, 5) is 26.0. The zero-order valence-electron chi connectivity index (χ0n) is 13.3. The average molecular weight is 386 g/mol. The monoisotopic (exact) mass is 385 g/mol. The highest BCUT2D eigenvalue weighted by Gasteiger charge is 2.44. The van der Waals surface area contributed by atoms with E-state index in [2.05, 4.69) is 15.9 Å². The fourth-order valence-corrected chi connectivity index (χ4v) is 3.11. The van der Waals surface area contributed by atoms with E-state index in [-0.39, 0.29) is 11.3 Å². The highest BCUT2D eigenvalue weighted by atomic mass is 79.9. The number of Topliss-reactive ketones (excluding diaryl/α,β-unsaturated/α-hetero) is 1. The van der Waals surface area contributed by atoms with Crippen LogP contribution in [0.3, 0.4) is 0 Å². The van der Waals surface area contributed by atoms with Gasteiger partial charge in [0.05, 0.1) is 11.6 Å². The number of hydrogen-bond acceptors (Lipinski definition) is 3. The maximum atomic E-state index is 12.4. The molecule has 0 unspecified atom stereocenters. The minimum Gasteiger partial charge on any atom is -0.507 e. The molecule has 0 saturated carbocycles. The van der Waals surface area contributed by atoms with Crippen LogP contribution in [0.15, 0.2) is 58.6 Å². The fraction of sp³-hybridized carbons (Fsp3) is 0.158. The van der Waals surface area contributed by atoms with Gasteiger partial charge >= 0.3 is 0 Å². The molecule has 1 amide bonds. The zero-order valence-corrected chi connectivity index (χ0v) is 14.9. The highest BCUT2D eigenvalue weighted by Crippen LogP contribution is 2.38. The van der Waals surface area contributed by atoms with Gasteiger partial charge in [0.2, 0.25) is 0 Å². The Morgan fingerprint density at radius 2 is 1.62 bits per heavy atom. The Hall–Kier alpha value is -2.40. The van der Waals surface area contributed by atoms with E-state index >= 15 is 0 Å². The van der Waals surface area contributed by atoms with Crippen LogP contribution in [0.2, 0.25) is 0 Å². The zero-order chi connectivity index (χ0) is 17.4. The number of nitrogens with zero attached hydrogens (tertiary/aromatic N) is 1. The van der Waals surface area contributed by atoms with Crippen LogP contribution < -0.4 is 0 Å². The first-order chi connectivity index (χ1) is 11.4. The van der Waals surface area contributed by atoms with Crippen molar-refractivity contribution in [2.24, 2.45) is 0 Å². The molecular weight excluding hydrogens is 370 g/mol. The molecule has 0 spiro atoms. The normalized spacial score (nSPS) is 19.8. The first-order valence-corrected chi connectivity index (χ1v) is 8.26. The van der Waals surface area contributed by atoms with Gasteiger partial charge in [0.15, 0.2) is 0 Å². The summed E-state index contributed by atoms with van der Waals surface area (Å²) in [7, 11) is 1.57. The van der Waals surface area contributed by atoms with Crippen LogP contribution in [0.4, 0.5) is 0 Å². The minimum atomic E-state index is -0.663. The molecular formula is C19H16BrNO3. The Balaban J connectivity index is 2.16. The van der Waals surface area contributed by atoms with Gasteiger partial charge in [-0.1, -0.05) is 57.9 Å². The molecule has 0 aliphatic carbocycles. The van der Waals surface area contributed by atoms with E-state index in [0.29, 0.717) is 5.56 Å². The molecule has 1 fully saturated rings. The molecule has 2 aromatic rings. The van der Waals surface area contributed by atoms with E-state index in [4.69, 9.17) is 0 Å². The smallest absolute Gasteiger partial charge is 0.295 e. The Kier molecular flexibility index (Phi) is 4.28. The molecule has 4 nitrogen and oxygen atoms in total. The number of amides is 1. The molecule has 0 aromatic heterocycles. The van der Waals surface area contributed by atoms with Crippen molar-refractivity contribution in [3.8, 4) is 0 Å². The van der Waals surface area contributed by atoms with Gasteiger partial charge in [0, 0.05) is 17.1 Å². The summed E-state index contributed by atoms with van der Waals surface area (Å²) in [5.74, 6) is -1.43. The molecule has 1 saturated heterocycles. The van der Waals surface area contributed by atoms with Gasteiger partial charge in [0.25, 0.3) is 11.7 Å². The van der Waals surface area contributed by atoms with Crippen molar-refractivity contribution in [1.29, 1.82) is 0 Å². The summed E-state index contributed by atoms with van der Waals surface area (Å²) < 4.78 is 0.901. The molecule has 1 N–H and O–H groups in total. The molecule has 5 heteroatoms. The Morgan fingerprint density at radius 3 is 2.21 bits per heavy atom. The summed E-state index contributed by atoms with van der Waals surface area (Å²) in [5, 5.41) is 10.7. The number of aliphatic hydroxyl groups excluding tert-OH is 1. The van der Waals surface area contributed by atoms with Gasteiger partial charge in [-0.2, -0.15) is 0 Å². The van der Waals surface area contributed by atoms with Gasteiger partial charge in [-0.25, -0.2) is 0 Å². The Labute approximate surface area is 148 Å². The van der Waals surface area contributed by atoms with E-state index in [1.165, 1.54) is 4.90 Å². The van der Waals surface area contributed by atoms with Crippen LogP contribution in [0.25, 0.3) is 5.76 Å². The van der Waals surface area contributed by atoms with Crippen molar-refractivity contribution in [3.05, 3.63) is 75.3 Å². The summed E-state index contributed by atoms with van der Waals surface area (Å²) >= 11 is 3.37. The SMILES string of the molecule is Cc1ccc(C(O)=C2C(=O)C(=O)N(C)[C@H]2c2ccc(Br)cc2)cc1. The number of aryl methyl sites for hydroxylation is 1. The van der Waals surface area contributed by atoms with Crippen molar-refractivity contribution in [2.75, 3.05) is 7.05 Å². The largest absolute Gasteiger partial charge is 0.507 e. The molecule has 0 bridgehead atoms. The van der Waals surface area contributed by atoms with Crippen LogP contribution in [0.5, 0.6) is 0 Å². The third-order valence-corrected chi connectivity index (χ3v) is 4.71. The Morgan fingerprint density at radius 1 is 1.04 bits per heavy atom. The highest BCUT2D eigenvalue weighted by molar-refractivity contribution is 9.10. The van der Waals surface area contributed by atoms with Gasteiger partial charge in [-0.3, -0.25) is 9.59 Å². The van der Waals surface area contributed by atoms with Crippen LogP contribution in [-0.4, -0.2) is 28.7 Å². The lowest BCUT2D eigenvalue weighted by Crippen LogP contribution is -2.24. The summed E-state index contributed by atoms with van der Waals surface area (Å²) in [6, 6.07) is 13.9. The van der Waals surface area contributed by atoms with Crippen molar-refractivity contribution >= 4 is 33.4 Å². The maximum Gasteiger partial charge on any atom is 0.295 e. The topological polar surface area (TPSA) is 57.6 Å². The quantitative estimate of drug-likeness (QED) is 0.485. The molecule has 1 heterocycles. The van der Waals surface area contributed by atoms with E-state index in [1.54, 1.807) is 19.2 Å². The van der Waals surface area contributed by atoms with Crippen molar-refractivity contribution in [1.82, 2.24) is 4.90 Å². The first-order valence-electron chi connectivity index (χ1n) is 7.47. The maximum absolute atomic E-state index is 12.4. The van der Waals surface area contributed by atoms with Gasteiger partial charge in [0.1, 0.15) is 5.76 Å². The average Bonchev–Trinajstić information content (AvgIpc) is 2.80. The standard InChI is InChI=1S/C19H16BrNO3/c1-11-3-5-13(6-4-11)17(22)15-16(21(2)19(24)18(15)23)12-7-9-14(20)10-8-12/h3-10,16,22H,1-2H3/t16-/m0/s1. The minimum absolute atomic E-state index is 0.119. The summed E-state index contributed by atoms with van der Waals surface area (Å²) in [6.45, 7) is 1.94. The van der Waals surface area contributed by atoms with Gasteiger partial charge < -0.3 is 10.0 Å². The Bertz CT molecular complexity index is 838. The molecule has 1 atom stereocenters. The lowest BCUT2D eigenvalue weighted by Gasteiger charge is -2.21. The number of carbonyl (C=O) groups is 2. The van der Waals surface area contributed by atoms with E-state index in [1.807, 2.05) is 43.3 Å². The molecule has 2 aromatic carbocycles. The van der Waals surface area contributed by atoms with Crippen molar-refractivity contribution in [3.63, 3.8) is 0 Å². The summed E-state index contributed by atoms with van der Waals surface area (Å²) in [6.07, 6.45) is 0. The predicted molar refractivity (Wildman–Crippen MR) is 95.4 cm³/mol. The molecule has 1 aliphatic heterocycles. The lowest BCUT2D eigenvalue weighted by atomic mass is 9.95. The van der Waals surface area contributed by atoms with E-state index < -0.39 is 17.7 Å². The molecule has 122 valence electrons. The number of hydrogen-bond donors (Lipinski definition) is 1. The number of halogens is 1. The third-order valence-electron chi connectivity index (χ3n) is 4.19. The van der Waals surface area contributed by atoms with Gasteiger partial charge in [-0.05, 0) is 24.6 Å². The number of benzene rings is 2. The van der Waals surface area contributed by atoms with Gasteiger partial charge in [-0.15, -0.1) is 0 Å². The second-order valence-corrected chi connectivity index (χ2v) is 6.74. The molecule has 0 radical (unpaired) electrons. The third kappa shape index (κ3) is 2.76. The van der Waals surface area contributed by atoms with Crippen molar-refractivity contribution in [2.45, 2.75) is 13.0 Å². The van der Waals surface area contributed by atoms with Crippen LogP contribution >= 0.6 is 15.9 Å². The number of ketones is 1. The molecule has 3 rings (SSSR count). The number of carbonyl (C=O) groups excluding carboxylic acids is 2. The summed E-state index contributed by atoms with van der Waals surface area (Å²) in [5.41, 5.74) is 2.46. The molecule has 1 aliphatic rings. The number of aliphatic hydroxyl groups is 1. The first kappa shape index (κ1) is 16.5. The predicted octanol–water partition coefficient (Wildman–Crippen LogP) is 3.81. The second-order valence-electron chi connectivity index (χ2n) is 5.83. The fourth-order valence-electron chi connectivity index (χ4n) is 2.85. The second kappa shape index (κ2) is 6.24. The number of likely N-dealkylation sites (N-methyl/N-ethyl adjacent to an activating group) is 1.